The molecule has 2 heterocycles. The Morgan fingerprint density at radius 2 is 0.644 bits per heavy atom. The molecule has 0 aliphatic heterocycles. The molecule has 0 fully saturated rings. The molecular formula is C40H40S5+2. The minimum absolute atomic E-state index is 0.120. The first kappa shape index (κ1) is 32.3. The van der Waals surface area contributed by atoms with Gasteiger partial charge in [0.05, 0.1) is 8.42 Å². The molecule has 0 atom stereocenters. The smallest absolute Gasteiger partial charge is 0.0781 e. The molecule has 0 amide bonds. The average Bonchev–Trinajstić information content (AvgIpc) is 3.76. The van der Waals surface area contributed by atoms with Crippen molar-refractivity contribution >= 4 is 56.2 Å². The first-order chi connectivity index (χ1) is 22.1. The molecule has 0 N–H and O–H groups in total. The van der Waals surface area contributed by atoms with Crippen molar-refractivity contribution in [3.05, 3.63) is 144 Å². The maximum absolute atomic E-state index is 2.36. The highest BCUT2D eigenvalue weighted by Gasteiger charge is 2.32. The fourth-order valence-corrected chi connectivity index (χ4v) is 14.4. The zero-order valence-corrected chi connectivity index (χ0v) is 30.5. The van der Waals surface area contributed by atoms with Crippen molar-refractivity contribution in [2.75, 3.05) is 0 Å². The van der Waals surface area contributed by atoms with Gasteiger partial charge in [-0.15, -0.1) is 0 Å². The Hall–Kier alpha value is -2.67. The maximum Gasteiger partial charge on any atom is 0.221 e. The van der Waals surface area contributed by atoms with Crippen LogP contribution in [0.3, 0.4) is 0 Å². The third kappa shape index (κ3) is 7.66. The van der Waals surface area contributed by atoms with Crippen LogP contribution in [-0.4, -0.2) is 0 Å². The van der Waals surface area contributed by atoms with Crippen LogP contribution in [0.4, 0.5) is 0 Å². The summed E-state index contributed by atoms with van der Waals surface area (Å²) in [4.78, 5) is 5.56. The van der Waals surface area contributed by atoms with E-state index >= 15 is 0 Å². The highest BCUT2D eigenvalue weighted by Crippen LogP contribution is 2.44. The lowest BCUT2D eigenvalue weighted by Crippen LogP contribution is -2.03. The predicted molar refractivity (Wildman–Crippen MR) is 200 cm³/mol. The first-order valence-corrected chi connectivity index (χ1v) is 20.7. The standard InChI is InChI=1S/C40H40S5/c1-5-29-9-17-33(18-10-29)44(34-19-11-30(6-2)12-20-34)39-27-25-37(42-39)41-38-26-28-40(43-38)45(35-21-13-31(7-3)14-22-35)36-23-15-32(8-4)16-24-36/h9-28H,5-8H2,1-4H3/q+2. The van der Waals surface area contributed by atoms with E-state index in [4.69, 9.17) is 0 Å². The van der Waals surface area contributed by atoms with Crippen LogP contribution in [-0.2, 0) is 47.5 Å². The first-order valence-electron chi connectivity index (χ1n) is 15.8. The summed E-state index contributed by atoms with van der Waals surface area (Å²) in [6.45, 7) is 8.90. The summed E-state index contributed by atoms with van der Waals surface area (Å²) in [5.41, 5.74) is 5.56. The number of hydrogen-bond donors (Lipinski definition) is 0. The van der Waals surface area contributed by atoms with E-state index in [0.29, 0.717) is 0 Å². The lowest BCUT2D eigenvalue weighted by Gasteiger charge is -2.07. The van der Waals surface area contributed by atoms with Gasteiger partial charge in [-0.25, -0.2) is 0 Å². The number of hydrogen-bond acceptors (Lipinski definition) is 3. The molecule has 0 bridgehead atoms. The Bertz CT molecular complexity index is 1560. The van der Waals surface area contributed by atoms with Crippen molar-refractivity contribution in [3.8, 4) is 0 Å². The highest BCUT2D eigenvalue weighted by atomic mass is 32.2. The van der Waals surface area contributed by atoms with Crippen molar-refractivity contribution in [1.82, 2.24) is 0 Å². The molecule has 5 heteroatoms. The second kappa shape index (κ2) is 15.3. The minimum Gasteiger partial charge on any atom is -0.0781 e. The molecule has 2 aromatic heterocycles. The van der Waals surface area contributed by atoms with Crippen LogP contribution in [0, 0.1) is 0 Å². The lowest BCUT2D eigenvalue weighted by molar-refractivity contribution is 1.12. The molecule has 0 nitrogen and oxygen atoms in total. The van der Waals surface area contributed by atoms with Gasteiger partial charge >= 0.3 is 0 Å². The quantitative estimate of drug-likeness (QED) is 0.116. The summed E-state index contributed by atoms with van der Waals surface area (Å²) >= 11 is 5.81. The average molecular weight is 681 g/mol. The summed E-state index contributed by atoms with van der Waals surface area (Å²) < 4.78 is 5.56. The van der Waals surface area contributed by atoms with E-state index in [0.717, 1.165) is 25.7 Å². The van der Waals surface area contributed by atoms with E-state index < -0.39 is 0 Å². The van der Waals surface area contributed by atoms with Gasteiger partial charge in [0.15, 0.2) is 19.6 Å². The Kier molecular flexibility index (Phi) is 11.0. The molecule has 45 heavy (non-hydrogen) atoms. The van der Waals surface area contributed by atoms with Crippen molar-refractivity contribution in [2.24, 2.45) is 0 Å². The number of thiophene rings is 2. The zero-order valence-electron chi connectivity index (χ0n) is 26.4. The molecule has 0 aliphatic rings. The molecule has 4 aromatic carbocycles. The fourth-order valence-electron chi connectivity index (χ4n) is 5.22. The van der Waals surface area contributed by atoms with E-state index in [9.17, 15) is 0 Å². The SMILES string of the molecule is CCc1ccc([S+](c2ccc(CC)cc2)c2ccc(Sc3ccc([S+](c4ccc(CC)cc4)c4ccc(CC)cc4)s3)s2)cc1. The van der Waals surface area contributed by atoms with E-state index in [-0.39, 0.29) is 21.8 Å². The van der Waals surface area contributed by atoms with Crippen LogP contribution in [0.5, 0.6) is 0 Å². The van der Waals surface area contributed by atoms with Crippen LogP contribution in [0.15, 0.2) is 158 Å². The Labute approximate surface area is 287 Å². The van der Waals surface area contributed by atoms with Gasteiger partial charge in [0.25, 0.3) is 0 Å². The van der Waals surface area contributed by atoms with Gasteiger partial charge in [-0.2, -0.15) is 0 Å². The van der Waals surface area contributed by atoms with E-state index in [1.54, 1.807) is 0 Å². The van der Waals surface area contributed by atoms with Gasteiger partial charge in [0.1, 0.15) is 21.8 Å². The van der Waals surface area contributed by atoms with Gasteiger partial charge in [0.2, 0.25) is 8.42 Å². The van der Waals surface area contributed by atoms with Crippen LogP contribution in [0.25, 0.3) is 0 Å². The molecule has 0 saturated heterocycles. The van der Waals surface area contributed by atoms with Gasteiger partial charge < -0.3 is 0 Å². The van der Waals surface area contributed by atoms with E-state index in [1.807, 2.05) is 34.4 Å². The minimum atomic E-state index is -0.120. The fraction of sp³-hybridized carbons (Fsp3) is 0.200. The van der Waals surface area contributed by atoms with Crippen LogP contribution < -0.4 is 0 Å². The van der Waals surface area contributed by atoms with Crippen LogP contribution >= 0.6 is 34.4 Å². The topological polar surface area (TPSA) is 0 Å². The number of benzene rings is 4. The molecule has 0 saturated carbocycles. The molecule has 0 spiro atoms. The Balaban J connectivity index is 1.29. The lowest BCUT2D eigenvalue weighted by atomic mass is 10.2. The molecule has 0 unspecified atom stereocenters. The summed E-state index contributed by atoms with van der Waals surface area (Å²) in [5, 5.41) is 0. The summed E-state index contributed by atoms with van der Waals surface area (Å²) in [6.07, 6.45) is 4.27. The van der Waals surface area contributed by atoms with E-state index in [1.165, 1.54) is 58.7 Å². The number of aryl methyl sites for hydroxylation is 4. The summed E-state index contributed by atoms with van der Waals surface area (Å²) in [5.74, 6) is 0. The van der Waals surface area contributed by atoms with Crippen molar-refractivity contribution < 1.29 is 0 Å². The molecular weight excluding hydrogens is 641 g/mol. The van der Waals surface area contributed by atoms with Crippen LogP contribution in [0.2, 0.25) is 0 Å². The Morgan fingerprint density at radius 1 is 0.378 bits per heavy atom. The molecule has 0 radical (unpaired) electrons. The van der Waals surface area contributed by atoms with Gasteiger partial charge in [-0.05, 0) is 109 Å². The van der Waals surface area contributed by atoms with Crippen molar-refractivity contribution in [2.45, 2.75) is 89.8 Å². The predicted octanol–water partition coefficient (Wildman–Crippen LogP) is 12.4. The molecule has 228 valence electrons. The molecule has 0 aliphatic carbocycles. The van der Waals surface area contributed by atoms with Crippen molar-refractivity contribution in [1.29, 1.82) is 0 Å². The number of rotatable bonds is 12. The van der Waals surface area contributed by atoms with Crippen molar-refractivity contribution in [3.63, 3.8) is 0 Å². The van der Waals surface area contributed by atoms with Gasteiger partial charge in [-0.1, -0.05) is 111 Å². The largest absolute Gasteiger partial charge is 0.221 e. The summed E-state index contributed by atoms with van der Waals surface area (Å²) in [6, 6.07) is 46.5. The third-order valence-corrected chi connectivity index (χ3v) is 16.6. The van der Waals surface area contributed by atoms with E-state index in [2.05, 4.69) is 149 Å². The molecule has 6 rings (SSSR count). The molecule has 6 aromatic rings. The third-order valence-electron chi connectivity index (χ3n) is 7.99. The second-order valence-electron chi connectivity index (χ2n) is 10.9. The monoisotopic (exact) mass is 680 g/mol. The maximum atomic E-state index is 2.36. The second-order valence-corrected chi connectivity index (χ2v) is 19.1. The van der Waals surface area contributed by atoms with Gasteiger partial charge in [-0.3, -0.25) is 0 Å². The van der Waals surface area contributed by atoms with Gasteiger partial charge in [0, 0.05) is 12.1 Å². The zero-order chi connectivity index (χ0) is 31.2. The Morgan fingerprint density at radius 3 is 0.889 bits per heavy atom. The summed E-state index contributed by atoms with van der Waals surface area (Å²) in [7, 11) is -0.240. The normalized spacial score (nSPS) is 11.5. The van der Waals surface area contributed by atoms with Crippen LogP contribution in [0.1, 0.15) is 49.9 Å². The highest BCUT2D eigenvalue weighted by molar-refractivity contribution is 8.04.